The van der Waals surface area contributed by atoms with Crippen LogP contribution in [0.2, 0.25) is 0 Å². The molecule has 0 aromatic heterocycles. The summed E-state index contributed by atoms with van der Waals surface area (Å²) in [6.45, 7) is 2.30. The number of hydrogen-bond acceptors (Lipinski definition) is 0. The molecule has 3 aromatic carbocycles. The van der Waals surface area contributed by atoms with Crippen molar-refractivity contribution in [3.05, 3.63) is 91.0 Å². The van der Waals surface area contributed by atoms with E-state index in [0.29, 0.717) is 0 Å². The quantitative estimate of drug-likeness (QED) is 0.191. The zero-order chi connectivity index (χ0) is 19.8. The molecule has 0 spiro atoms. The van der Waals surface area contributed by atoms with E-state index >= 15 is 0 Å². The molecule has 27 heavy (non-hydrogen) atoms. The van der Waals surface area contributed by atoms with E-state index < -0.39 is 12.9 Å². The maximum absolute atomic E-state index is 3.25. The van der Waals surface area contributed by atoms with Gasteiger partial charge in [0.15, 0.2) is 0 Å². The van der Waals surface area contributed by atoms with E-state index in [4.69, 9.17) is 0 Å². The van der Waals surface area contributed by atoms with Crippen LogP contribution in [0.3, 0.4) is 0 Å². The van der Waals surface area contributed by atoms with Crippen molar-refractivity contribution in [2.45, 2.75) is 13.3 Å². The monoisotopic (exact) mass is 677 g/mol. The molecule has 0 fully saturated rings. The fourth-order valence-electron chi connectivity index (χ4n) is 3.22. The van der Waals surface area contributed by atoms with E-state index in [1.54, 1.807) is 0 Å². The molecule has 0 bridgehead atoms. The van der Waals surface area contributed by atoms with Crippen LogP contribution in [0.1, 0.15) is 13.3 Å². The molecule has 0 unspecified atom stereocenters. The van der Waals surface area contributed by atoms with Gasteiger partial charge in [0.1, 0.15) is 23.2 Å². The van der Waals surface area contributed by atoms with Gasteiger partial charge in [0.25, 0.3) is 0 Å². The molecule has 0 aliphatic carbocycles. The van der Waals surface area contributed by atoms with Crippen molar-refractivity contribution < 1.29 is 5.61 Å². The molecule has 0 N–H and O–H groups in total. The summed E-state index contributed by atoms with van der Waals surface area (Å²) in [4.78, 5) is 0. The summed E-state index contributed by atoms with van der Waals surface area (Å²) in [6, 6.07) is 33.2. The molecule has 0 nitrogen and oxygen atoms in total. The molecular weight excluding hydrogens is 659 g/mol. The fourth-order valence-corrected chi connectivity index (χ4v) is 7.60. The summed E-state index contributed by atoms with van der Waals surface area (Å²) in [5, 5.41) is 4.44. The predicted octanol–water partition coefficient (Wildman–Crippen LogP) is 7.77. The van der Waals surface area contributed by atoms with Gasteiger partial charge in [0.05, 0.1) is 6.16 Å². The normalized spacial score (nSPS) is 12.0. The fraction of sp³-hybridized carbons (Fsp3) is 0.143. The van der Waals surface area contributed by atoms with E-state index in [0.717, 1.165) is 0 Å². The molecule has 0 saturated carbocycles. The Morgan fingerprint density at radius 2 is 0.852 bits per heavy atom. The average Bonchev–Trinajstić information content (AvgIpc) is 2.67. The van der Waals surface area contributed by atoms with Crippen molar-refractivity contribution >= 4 is 79.6 Å². The minimum absolute atomic E-state index is 1.19. The third kappa shape index (κ3) is 7.37. The first-order valence-corrected chi connectivity index (χ1v) is 21.4. The number of benzene rings is 3. The Hall–Kier alpha value is 0.529. The minimum atomic E-state index is -1.55. The average molecular weight is 681 g/mol. The molecule has 3 aromatic rings. The Bertz CT molecular complexity index is 690. The van der Waals surface area contributed by atoms with Crippen LogP contribution < -0.4 is 15.9 Å². The van der Waals surface area contributed by atoms with Gasteiger partial charge in [-0.25, -0.2) is 0 Å². The molecule has 3 rings (SSSR count). The van der Waals surface area contributed by atoms with Crippen LogP contribution >= 0.6 is 63.7 Å². The number of halogens is 4. The maximum atomic E-state index is 3.25. The first kappa shape index (κ1) is 23.8. The third-order valence-corrected chi connectivity index (χ3v) is 8.81. The van der Waals surface area contributed by atoms with E-state index in [9.17, 15) is 0 Å². The topological polar surface area (TPSA) is 0 Å². The van der Waals surface area contributed by atoms with Crippen LogP contribution in [0.5, 0.6) is 0 Å². The van der Waals surface area contributed by atoms with Gasteiger partial charge in [-0.2, -0.15) is 0 Å². The second kappa shape index (κ2) is 11.6. The third-order valence-electron chi connectivity index (χ3n) is 4.15. The van der Waals surface area contributed by atoms with Gasteiger partial charge < -0.3 is 0 Å². The summed E-state index contributed by atoms with van der Waals surface area (Å²) in [5.41, 5.74) is -1.25. The Morgan fingerprint density at radius 3 is 1.07 bits per heavy atom. The standard InChI is InChI=1S/C21H22P.4BrH.Fe/c1-2-18-22(19-12-6-3-7-13-19,20-14-8-4-9-15-20)21-16-10-5-11-17-21;;;;;/h3-17H,2,18H2,1H3;4*1H;/q+1;;;;;+3/p-4. The number of rotatable bonds is 5. The van der Waals surface area contributed by atoms with Gasteiger partial charge >= 0.3 is 62.1 Å². The van der Waals surface area contributed by atoms with Gasteiger partial charge in [-0.1, -0.05) is 61.5 Å². The first-order valence-electron chi connectivity index (χ1n) is 8.46. The van der Waals surface area contributed by atoms with Crippen LogP contribution in [0.25, 0.3) is 0 Å². The van der Waals surface area contributed by atoms with E-state index in [2.05, 4.69) is 154 Å². The van der Waals surface area contributed by atoms with Gasteiger partial charge in [-0.05, 0) is 42.8 Å². The summed E-state index contributed by atoms with van der Waals surface area (Å²) in [7, 11) is -1.55. The molecular formula is C21H22Br4FeP. The van der Waals surface area contributed by atoms with Crippen LogP contribution in [-0.2, 0) is 5.61 Å². The van der Waals surface area contributed by atoms with Crippen molar-refractivity contribution in [3.63, 3.8) is 0 Å². The van der Waals surface area contributed by atoms with Gasteiger partial charge in [-0.15, -0.1) is 0 Å². The van der Waals surface area contributed by atoms with Gasteiger partial charge in [-0.3, -0.25) is 0 Å². The first-order chi connectivity index (χ1) is 12.9. The molecule has 0 aliphatic rings. The Labute approximate surface area is 193 Å². The summed E-state index contributed by atoms with van der Waals surface area (Å²) in [5.74, 6) is 0. The zero-order valence-corrected chi connectivity index (χ0v) is 23.2. The van der Waals surface area contributed by atoms with Crippen molar-refractivity contribution in [2.24, 2.45) is 0 Å². The predicted molar refractivity (Wildman–Crippen MR) is 136 cm³/mol. The van der Waals surface area contributed by atoms with Crippen molar-refractivity contribution in [2.75, 3.05) is 6.16 Å². The Morgan fingerprint density at radius 1 is 0.593 bits per heavy atom. The van der Waals surface area contributed by atoms with Crippen LogP contribution in [0.4, 0.5) is 0 Å². The Kier molecular flexibility index (Phi) is 10.3. The second-order valence-electron chi connectivity index (χ2n) is 5.84. The Balaban J connectivity index is 0.000000465. The molecule has 0 aliphatic heterocycles. The van der Waals surface area contributed by atoms with Gasteiger partial charge in [0.2, 0.25) is 0 Å². The summed E-state index contributed by atoms with van der Waals surface area (Å²) in [6.07, 6.45) is 2.40. The second-order valence-corrected chi connectivity index (χ2v) is 42.9. The zero-order valence-electron chi connectivity index (χ0n) is 14.9. The van der Waals surface area contributed by atoms with Crippen LogP contribution in [0, 0.1) is 0 Å². The molecule has 6 heteroatoms. The molecule has 0 heterocycles. The van der Waals surface area contributed by atoms with Crippen molar-refractivity contribution in [1.29, 1.82) is 0 Å². The van der Waals surface area contributed by atoms with Crippen molar-refractivity contribution in [3.8, 4) is 0 Å². The van der Waals surface area contributed by atoms with Gasteiger partial charge in [0, 0.05) is 0 Å². The summed E-state index contributed by atoms with van der Waals surface area (Å²) < 4.78 is 0. The van der Waals surface area contributed by atoms with E-state index in [1.165, 1.54) is 28.5 Å². The van der Waals surface area contributed by atoms with Crippen LogP contribution in [0.15, 0.2) is 91.0 Å². The molecule has 0 atom stereocenters. The van der Waals surface area contributed by atoms with E-state index in [1.807, 2.05) is 0 Å². The molecule has 0 radical (unpaired) electrons. The SMILES string of the molecule is CCC[P+](c1ccccc1)(c1ccccc1)c1ccccc1.[Br][Fe-]([Br])([Br])[Br]. The molecule has 147 valence electrons. The molecule has 0 amide bonds. The van der Waals surface area contributed by atoms with Crippen LogP contribution in [-0.4, -0.2) is 6.16 Å². The molecule has 0 saturated heterocycles. The summed E-state index contributed by atoms with van der Waals surface area (Å²) >= 11 is 13.0. The van der Waals surface area contributed by atoms with Crippen molar-refractivity contribution in [1.82, 2.24) is 0 Å². The van der Waals surface area contributed by atoms with E-state index in [-0.39, 0.29) is 0 Å². The number of hydrogen-bond donors (Lipinski definition) is 0.